The van der Waals surface area contributed by atoms with Crippen LogP contribution >= 0.6 is 11.3 Å². The topological polar surface area (TPSA) is 52.5 Å². The van der Waals surface area contributed by atoms with E-state index in [1.54, 1.807) is 0 Å². The van der Waals surface area contributed by atoms with Crippen LogP contribution in [0.2, 0.25) is 0 Å². The predicted molar refractivity (Wildman–Crippen MR) is 39.8 cm³/mol. The molecule has 0 radical (unpaired) electrons. The minimum Gasteiger partial charge on any atom is -0.359 e. The normalized spacial score (nSPS) is 10.4. The summed E-state index contributed by atoms with van der Waals surface area (Å²) in [5.74, 6) is 0. The van der Waals surface area contributed by atoms with E-state index >= 15 is 0 Å². The molecular weight excluding hydrogens is 146 g/mol. The summed E-state index contributed by atoms with van der Waals surface area (Å²) >= 11 is 1.33. The van der Waals surface area contributed by atoms with Crippen LogP contribution in [0, 0.1) is 5.41 Å². The molecule has 0 spiro atoms. The number of hydrogen-bond acceptors (Lipinski definition) is 3. The fourth-order valence-corrected chi connectivity index (χ4v) is 1.39. The minimum atomic E-state index is 0.354. The second-order valence-electron chi connectivity index (χ2n) is 1.93. The van der Waals surface area contributed by atoms with E-state index in [-0.39, 0.29) is 0 Å². The van der Waals surface area contributed by atoms with Crippen LogP contribution in [0.3, 0.4) is 0 Å². The van der Waals surface area contributed by atoms with Gasteiger partial charge in [0.1, 0.15) is 0 Å². The monoisotopic (exact) mass is 151 g/mol. The van der Waals surface area contributed by atoms with Crippen LogP contribution in [0.4, 0.5) is 0 Å². The summed E-state index contributed by atoms with van der Waals surface area (Å²) in [6.45, 7) is 0. The molecule has 0 unspecified atom stereocenters. The maximum atomic E-state index is 7.21. The smallest absolute Gasteiger partial charge is 0.202 e. The zero-order valence-corrected chi connectivity index (χ0v) is 5.90. The summed E-state index contributed by atoms with van der Waals surface area (Å²) in [6.07, 6.45) is 1.82. The van der Waals surface area contributed by atoms with E-state index in [1.807, 2.05) is 17.6 Å². The lowest BCUT2D eigenvalue weighted by Crippen LogP contribution is -1.97. The maximum absolute atomic E-state index is 7.21. The lowest BCUT2D eigenvalue weighted by molar-refractivity contribution is 1.20. The highest BCUT2D eigenvalue weighted by molar-refractivity contribution is 7.07. The highest BCUT2D eigenvalue weighted by Gasteiger charge is 1.91. The van der Waals surface area contributed by atoms with Crippen LogP contribution in [0.15, 0.2) is 17.6 Å². The Kier molecular flexibility index (Phi) is 1.07. The Morgan fingerprint density at radius 3 is 3.40 bits per heavy atom. The molecule has 0 aromatic carbocycles. The Balaban J connectivity index is 2.99. The van der Waals surface area contributed by atoms with Crippen molar-refractivity contribution in [3.8, 4) is 0 Å². The second-order valence-corrected chi connectivity index (χ2v) is 2.79. The summed E-state index contributed by atoms with van der Waals surface area (Å²) in [5.41, 5.74) is 1.87. The van der Waals surface area contributed by atoms with E-state index in [4.69, 9.17) is 5.41 Å². The van der Waals surface area contributed by atoms with Gasteiger partial charge in [0.2, 0.25) is 4.80 Å². The molecule has 2 N–H and O–H groups in total. The van der Waals surface area contributed by atoms with E-state index in [9.17, 15) is 0 Å². The zero-order chi connectivity index (χ0) is 6.97. The van der Waals surface area contributed by atoms with Gasteiger partial charge in [0, 0.05) is 11.6 Å². The van der Waals surface area contributed by atoms with Crippen molar-refractivity contribution in [1.82, 2.24) is 9.97 Å². The van der Waals surface area contributed by atoms with Gasteiger partial charge in [-0.1, -0.05) is 0 Å². The SMILES string of the molecule is N=c1nc2cc[nH]c2cs1. The van der Waals surface area contributed by atoms with Crippen molar-refractivity contribution < 1.29 is 0 Å². The molecular formula is C6H5N3S. The van der Waals surface area contributed by atoms with Gasteiger partial charge in [0.25, 0.3) is 0 Å². The molecule has 2 heterocycles. The Bertz CT molecular complexity index is 400. The van der Waals surface area contributed by atoms with Crippen molar-refractivity contribution in [1.29, 1.82) is 5.41 Å². The first kappa shape index (κ1) is 5.61. The zero-order valence-electron chi connectivity index (χ0n) is 5.09. The van der Waals surface area contributed by atoms with Crippen LogP contribution in [-0.4, -0.2) is 9.97 Å². The van der Waals surface area contributed by atoms with E-state index in [2.05, 4.69) is 9.97 Å². The summed E-state index contributed by atoms with van der Waals surface area (Å²) in [5, 5.41) is 9.10. The molecule has 2 aromatic heterocycles. The van der Waals surface area contributed by atoms with Crippen molar-refractivity contribution in [3.05, 3.63) is 22.4 Å². The number of fused-ring (bicyclic) bond motifs is 1. The van der Waals surface area contributed by atoms with Gasteiger partial charge in [-0.3, -0.25) is 5.41 Å². The van der Waals surface area contributed by atoms with E-state index in [0.717, 1.165) is 11.0 Å². The second kappa shape index (κ2) is 1.91. The van der Waals surface area contributed by atoms with Gasteiger partial charge in [-0.05, 0) is 6.07 Å². The van der Waals surface area contributed by atoms with Gasteiger partial charge in [-0.2, -0.15) is 0 Å². The lowest BCUT2D eigenvalue weighted by Gasteiger charge is -1.83. The number of nitrogens with one attached hydrogen (secondary N) is 2. The number of rotatable bonds is 0. The van der Waals surface area contributed by atoms with Crippen molar-refractivity contribution in [2.45, 2.75) is 0 Å². The van der Waals surface area contributed by atoms with Crippen LogP contribution in [0.1, 0.15) is 0 Å². The molecule has 50 valence electrons. The predicted octanol–water partition coefficient (Wildman–Crippen LogP) is 1.10. The van der Waals surface area contributed by atoms with Gasteiger partial charge in [0.15, 0.2) is 0 Å². The summed E-state index contributed by atoms with van der Waals surface area (Å²) < 4.78 is 0. The molecule has 0 aliphatic rings. The first-order valence-electron chi connectivity index (χ1n) is 2.84. The van der Waals surface area contributed by atoms with Crippen molar-refractivity contribution in [3.63, 3.8) is 0 Å². The average Bonchev–Trinajstić information content (AvgIpc) is 2.33. The molecule has 0 saturated heterocycles. The highest BCUT2D eigenvalue weighted by Crippen LogP contribution is 2.06. The van der Waals surface area contributed by atoms with E-state index < -0.39 is 0 Å². The third kappa shape index (κ3) is 0.733. The van der Waals surface area contributed by atoms with Crippen LogP contribution in [-0.2, 0) is 0 Å². The summed E-state index contributed by atoms with van der Waals surface area (Å²) in [6, 6.07) is 1.86. The van der Waals surface area contributed by atoms with Gasteiger partial charge in [-0.15, -0.1) is 11.3 Å². The van der Waals surface area contributed by atoms with Gasteiger partial charge in [-0.25, -0.2) is 4.98 Å². The van der Waals surface area contributed by atoms with Crippen molar-refractivity contribution >= 4 is 22.4 Å². The fraction of sp³-hybridized carbons (Fsp3) is 0. The first-order valence-corrected chi connectivity index (χ1v) is 3.72. The molecule has 0 fully saturated rings. The molecule has 2 aromatic rings. The number of H-pyrrole nitrogens is 1. The first-order chi connectivity index (χ1) is 4.86. The van der Waals surface area contributed by atoms with E-state index in [1.165, 1.54) is 11.3 Å². The highest BCUT2D eigenvalue weighted by atomic mass is 32.1. The van der Waals surface area contributed by atoms with Crippen LogP contribution < -0.4 is 4.80 Å². The Morgan fingerprint density at radius 1 is 1.60 bits per heavy atom. The average molecular weight is 151 g/mol. The number of hydrogen-bond donors (Lipinski definition) is 2. The van der Waals surface area contributed by atoms with Crippen LogP contribution in [0.25, 0.3) is 11.0 Å². The van der Waals surface area contributed by atoms with E-state index in [0.29, 0.717) is 4.80 Å². The van der Waals surface area contributed by atoms with Gasteiger partial charge in [0.05, 0.1) is 11.0 Å². The third-order valence-corrected chi connectivity index (χ3v) is 1.93. The van der Waals surface area contributed by atoms with Crippen molar-refractivity contribution in [2.24, 2.45) is 0 Å². The molecule has 0 bridgehead atoms. The number of aromatic amines is 1. The standard InChI is InChI=1S/C6H5N3S/c7-6-9-4-1-2-8-5(4)3-10-6/h1-3,7-8H. The lowest BCUT2D eigenvalue weighted by atomic mass is 10.5. The molecule has 4 heteroatoms. The number of aromatic nitrogens is 2. The Labute approximate surface area is 60.9 Å². The summed E-state index contributed by atoms with van der Waals surface area (Å²) in [4.78, 5) is 7.35. The molecule has 0 atom stereocenters. The third-order valence-electron chi connectivity index (χ3n) is 1.27. The van der Waals surface area contributed by atoms with Gasteiger partial charge >= 0.3 is 0 Å². The van der Waals surface area contributed by atoms with Crippen LogP contribution in [0.5, 0.6) is 0 Å². The molecule has 0 saturated carbocycles. The quantitative estimate of drug-likeness (QED) is 0.582. The van der Waals surface area contributed by atoms with Crippen molar-refractivity contribution in [2.75, 3.05) is 0 Å². The van der Waals surface area contributed by atoms with Gasteiger partial charge < -0.3 is 4.98 Å². The molecule has 0 aliphatic carbocycles. The molecule has 2 rings (SSSR count). The largest absolute Gasteiger partial charge is 0.359 e. The Hall–Kier alpha value is -1.16. The maximum Gasteiger partial charge on any atom is 0.202 e. The fourth-order valence-electron chi connectivity index (χ4n) is 0.816. The molecule has 3 nitrogen and oxygen atoms in total. The molecule has 10 heavy (non-hydrogen) atoms. The number of nitrogens with zero attached hydrogens (tertiary/aromatic N) is 1. The summed E-state index contributed by atoms with van der Waals surface area (Å²) in [7, 11) is 0. The Morgan fingerprint density at radius 2 is 2.50 bits per heavy atom. The molecule has 0 amide bonds. The molecule has 0 aliphatic heterocycles. The minimum absolute atomic E-state index is 0.354.